The van der Waals surface area contributed by atoms with Crippen LogP contribution in [0.4, 0.5) is 5.95 Å². The van der Waals surface area contributed by atoms with Crippen molar-refractivity contribution in [3.63, 3.8) is 0 Å². The Morgan fingerprint density at radius 2 is 1.88 bits per heavy atom. The Morgan fingerprint density at radius 3 is 2.52 bits per heavy atom. The van der Waals surface area contributed by atoms with E-state index >= 15 is 0 Å². The lowest BCUT2D eigenvalue weighted by molar-refractivity contribution is 0.355. The van der Waals surface area contributed by atoms with Gasteiger partial charge in [0, 0.05) is 6.07 Å². The Bertz CT molecular complexity index is 1020. The van der Waals surface area contributed by atoms with Crippen LogP contribution in [0.3, 0.4) is 0 Å². The smallest absolute Gasteiger partial charge is 0.267 e. The molecular weight excluding hydrogens is 344 g/mol. The molecule has 130 valence electrons. The number of halogens is 1. The van der Waals surface area contributed by atoms with E-state index in [0.29, 0.717) is 33.1 Å². The van der Waals surface area contributed by atoms with Gasteiger partial charge in [0.05, 0.1) is 35.8 Å². The second kappa shape index (κ2) is 6.62. The van der Waals surface area contributed by atoms with Crippen LogP contribution in [-0.4, -0.2) is 23.8 Å². The summed E-state index contributed by atoms with van der Waals surface area (Å²) in [6.07, 6.45) is 0. The molecule has 3 rings (SSSR count). The van der Waals surface area contributed by atoms with Gasteiger partial charge < -0.3 is 9.47 Å². The molecule has 0 saturated heterocycles. The highest BCUT2D eigenvalue weighted by molar-refractivity contribution is 6.33. The fourth-order valence-electron chi connectivity index (χ4n) is 2.64. The Kier molecular flexibility index (Phi) is 4.52. The predicted octanol–water partition coefficient (Wildman–Crippen LogP) is 2.65. The van der Waals surface area contributed by atoms with E-state index in [9.17, 15) is 4.79 Å². The molecule has 0 unspecified atom stereocenters. The van der Waals surface area contributed by atoms with Gasteiger partial charge in [-0.1, -0.05) is 23.7 Å². The molecule has 25 heavy (non-hydrogen) atoms. The van der Waals surface area contributed by atoms with Crippen molar-refractivity contribution in [2.45, 2.75) is 6.92 Å². The number of anilines is 1. The summed E-state index contributed by atoms with van der Waals surface area (Å²) < 4.78 is 11.9. The molecule has 3 aromatic rings. The zero-order chi connectivity index (χ0) is 18.1. The highest BCUT2D eigenvalue weighted by atomic mass is 35.5. The van der Waals surface area contributed by atoms with Gasteiger partial charge in [-0.05, 0) is 24.6 Å². The number of methoxy groups -OCH3 is 2. The quantitative estimate of drug-likeness (QED) is 0.549. The standard InChI is InChI=1S/C17H17ClN4O3/c1-9-5-4-6-12(15(9)18)22-16(23)10-7-13(24-2)14(25-3)8-11(10)20-17(22)21-19/h4-8H,19H2,1-3H3,(H,20,21). The molecule has 7 nitrogen and oxygen atoms in total. The van der Waals surface area contributed by atoms with Crippen LogP contribution in [0.2, 0.25) is 5.02 Å². The molecule has 0 spiro atoms. The number of nitrogens with one attached hydrogen (secondary N) is 1. The zero-order valence-corrected chi connectivity index (χ0v) is 14.7. The highest BCUT2D eigenvalue weighted by Gasteiger charge is 2.17. The van der Waals surface area contributed by atoms with Gasteiger partial charge >= 0.3 is 0 Å². The number of nitrogens with zero attached hydrogens (tertiary/aromatic N) is 2. The molecular formula is C17H17ClN4O3. The molecule has 2 aromatic carbocycles. The first-order valence-electron chi connectivity index (χ1n) is 7.42. The molecule has 0 bridgehead atoms. The van der Waals surface area contributed by atoms with E-state index in [4.69, 9.17) is 26.9 Å². The number of benzene rings is 2. The average Bonchev–Trinajstić information content (AvgIpc) is 2.63. The number of ether oxygens (including phenoxy) is 2. The van der Waals surface area contributed by atoms with E-state index in [0.717, 1.165) is 5.56 Å². The molecule has 0 fully saturated rings. The van der Waals surface area contributed by atoms with Crippen LogP contribution in [0.15, 0.2) is 35.1 Å². The van der Waals surface area contributed by atoms with Crippen molar-refractivity contribution in [2.24, 2.45) is 5.84 Å². The van der Waals surface area contributed by atoms with E-state index < -0.39 is 0 Å². The monoisotopic (exact) mass is 360 g/mol. The number of nitrogens with two attached hydrogens (primary N) is 1. The Balaban J connectivity index is 2.42. The summed E-state index contributed by atoms with van der Waals surface area (Å²) in [5.74, 6) is 6.66. The van der Waals surface area contributed by atoms with Gasteiger partial charge in [0.1, 0.15) is 0 Å². The number of hydrazine groups is 1. The van der Waals surface area contributed by atoms with E-state index in [-0.39, 0.29) is 11.5 Å². The number of rotatable bonds is 4. The lowest BCUT2D eigenvalue weighted by Crippen LogP contribution is -2.26. The number of nitrogen functional groups attached to an aromatic ring is 1. The number of aryl methyl sites for hydroxylation is 1. The van der Waals surface area contributed by atoms with Gasteiger partial charge in [-0.15, -0.1) is 0 Å². The van der Waals surface area contributed by atoms with Crippen molar-refractivity contribution >= 4 is 28.5 Å². The molecule has 0 amide bonds. The average molecular weight is 361 g/mol. The van der Waals surface area contributed by atoms with E-state index in [2.05, 4.69) is 10.4 Å². The minimum Gasteiger partial charge on any atom is -0.493 e. The van der Waals surface area contributed by atoms with Crippen molar-refractivity contribution in [1.82, 2.24) is 9.55 Å². The summed E-state index contributed by atoms with van der Waals surface area (Å²) in [4.78, 5) is 17.5. The zero-order valence-electron chi connectivity index (χ0n) is 14.0. The number of fused-ring (bicyclic) bond motifs is 1. The molecule has 3 N–H and O–H groups in total. The van der Waals surface area contributed by atoms with Gasteiger partial charge in [0.15, 0.2) is 11.5 Å². The Labute approximate surface area is 148 Å². The maximum atomic E-state index is 13.1. The summed E-state index contributed by atoms with van der Waals surface area (Å²) in [5, 5.41) is 0.803. The Morgan fingerprint density at radius 1 is 1.20 bits per heavy atom. The lowest BCUT2D eigenvalue weighted by Gasteiger charge is -2.16. The largest absolute Gasteiger partial charge is 0.493 e. The van der Waals surface area contributed by atoms with E-state index in [1.165, 1.54) is 18.8 Å². The summed E-state index contributed by atoms with van der Waals surface area (Å²) in [7, 11) is 3.02. The Hall–Kier alpha value is -2.77. The van der Waals surface area contributed by atoms with Crippen LogP contribution in [-0.2, 0) is 0 Å². The third-order valence-electron chi connectivity index (χ3n) is 3.91. The molecule has 0 aliphatic rings. The van der Waals surface area contributed by atoms with Crippen molar-refractivity contribution in [3.8, 4) is 17.2 Å². The van der Waals surface area contributed by atoms with Crippen molar-refractivity contribution in [2.75, 3.05) is 19.6 Å². The molecule has 0 aliphatic carbocycles. The SMILES string of the molecule is COc1cc2nc(NN)n(-c3cccc(C)c3Cl)c(=O)c2cc1OC. The number of hydrogen-bond acceptors (Lipinski definition) is 6. The number of aromatic nitrogens is 2. The fraction of sp³-hybridized carbons (Fsp3) is 0.176. The molecule has 1 aromatic heterocycles. The maximum absolute atomic E-state index is 13.1. The first-order valence-corrected chi connectivity index (χ1v) is 7.80. The lowest BCUT2D eigenvalue weighted by atomic mass is 10.2. The normalized spacial score (nSPS) is 10.8. The van der Waals surface area contributed by atoms with Gasteiger partial charge in [0.25, 0.3) is 5.56 Å². The van der Waals surface area contributed by atoms with Gasteiger partial charge in [0.2, 0.25) is 5.95 Å². The van der Waals surface area contributed by atoms with Crippen molar-refractivity contribution in [1.29, 1.82) is 0 Å². The molecule has 1 heterocycles. The highest BCUT2D eigenvalue weighted by Crippen LogP contribution is 2.32. The summed E-state index contributed by atoms with van der Waals surface area (Å²) >= 11 is 6.39. The molecule has 0 radical (unpaired) electrons. The fourth-order valence-corrected chi connectivity index (χ4v) is 2.85. The minimum atomic E-state index is -0.327. The minimum absolute atomic E-state index is 0.164. The summed E-state index contributed by atoms with van der Waals surface area (Å²) in [5.41, 5.74) is 3.88. The first-order chi connectivity index (χ1) is 12.0. The topological polar surface area (TPSA) is 91.4 Å². The first kappa shape index (κ1) is 17.1. The van der Waals surface area contributed by atoms with Gasteiger partial charge in [-0.25, -0.2) is 15.4 Å². The van der Waals surface area contributed by atoms with Gasteiger partial charge in [-0.3, -0.25) is 10.2 Å². The molecule has 0 atom stereocenters. The van der Waals surface area contributed by atoms with Crippen LogP contribution in [0, 0.1) is 6.92 Å². The molecule has 8 heteroatoms. The third-order valence-corrected chi connectivity index (χ3v) is 4.41. The third kappa shape index (κ3) is 2.77. The van der Waals surface area contributed by atoms with Crippen LogP contribution in [0.5, 0.6) is 11.5 Å². The van der Waals surface area contributed by atoms with Crippen LogP contribution >= 0.6 is 11.6 Å². The molecule has 0 aliphatic heterocycles. The van der Waals surface area contributed by atoms with Crippen LogP contribution in [0.25, 0.3) is 16.6 Å². The van der Waals surface area contributed by atoms with E-state index in [1.807, 2.05) is 19.1 Å². The molecule has 0 saturated carbocycles. The second-order valence-corrected chi connectivity index (χ2v) is 5.73. The number of hydrogen-bond donors (Lipinski definition) is 2. The van der Waals surface area contributed by atoms with Crippen LogP contribution < -0.4 is 26.3 Å². The summed E-state index contributed by atoms with van der Waals surface area (Å²) in [6, 6.07) is 8.60. The second-order valence-electron chi connectivity index (χ2n) is 5.35. The van der Waals surface area contributed by atoms with Crippen molar-refractivity contribution in [3.05, 3.63) is 51.3 Å². The predicted molar refractivity (Wildman–Crippen MR) is 98.0 cm³/mol. The van der Waals surface area contributed by atoms with Gasteiger partial charge in [-0.2, -0.15) is 0 Å². The van der Waals surface area contributed by atoms with Crippen LogP contribution in [0.1, 0.15) is 5.56 Å². The summed E-state index contributed by atoms with van der Waals surface area (Å²) in [6.45, 7) is 1.86. The maximum Gasteiger partial charge on any atom is 0.267 e. The van der Waals surface area contributed by atoms with E-state index in [1.54, 1.807) is 18.2 Å². The van der Waals surface area contributed by atoms with Crippen molar-refractivity contribution < 1.29 is 9.47 Å².